The van der Waals surface area contributed by atoms with Crippen molar-refractivity contribution in [3.05, 3.63) is 22.4 Å². The highest BCUT2D eigenvalue weighted by molar-refractivity contribution is 5.79. The van der Waals surface area contributed by atoms with Gasteiger partial charge < -0.3 is 15.0 Å². The molecule has 0 spiro atoms. The number of rotatable bonds is 4. The van der Waals surface area contributed by atoms with Crippen LogP contribution in [0, 0.1) is 10.1 Å². The quantitative estimate of drug-likeness (QED) is 0.616. The predicted molar refractivity (Wildman–Crippen MR) is 57.3 cm³/mol. The maximum Gasteiger partial charge on any atom is 0.406 e. The molecular formula is C9H11F3N4O3. The van der Waals surface area contributed by atoms with E-state index >= 15 is 0 Å². The Labute approximate surface area is 105 Å². The fourth-order valence-electron chi connectivity index (χ4n) is 1.42. The minimum absolute atomic E-state index is 0.474. The third-order valence-electron chi connectivity index (χ3n) is 2.33. The molecule has 0 aromatic carbocycles. The molecule has 0 radical (unpaired) electrons. The van der Waals surface area contributed by atoms with Gasteiger partial charge >= 0.3 is 12.0 Å². The number of hydrogen-bond acceptors (Lipinski definition) is 4. The summed E-state index contributed by atoms with van der Waals surface area (Å²) < 4.78 is 37.4. The van der Waals surface area contributed by atoms with Gasteiger partial charge in [-0.3, -0.25) is 4.79 Å². The fourth-order valence-corrected chi connectivity index (χ4v) is 1.42. The highest BCUT2D eigenvalue weighted by atomic mass is 19.4. The molecule has 0 aliphatic rings. The van der Waals surface area contributed by atoms with Crippen molar-refractivity contribution >= 4 is 11.7 Å². The maximum absolute atomic E-state index is 12.1. The van der Waals surface area contributed by atoms with Crippen LogP contribution >= 0.6 is 0 Å². The molecule has 1 unspecified atom stereocenters. The van der Waals surface area contributed by atoms with Crippen molar-refractivity contribution in [2.24, 2.45) is 0 Å². The molecule has 0 bridgehead atoms. The first-order valence-electron chi connectivity index (χ1n) is 5.13. The monoisotopic (exact) mass is 280 g/mol. The van der Waals surface area contributed by atoms with Crippen LogP contribution in [0.5, 0.6) is 0 Å². The van der Waals surface area contributed by atoms with Crippen molar-refractivity contribution in [1.29, 1.82) is 0 Å². The van der Waals surface area contributed by atoms with E-state index < -0.39 is 35.4 Å². The zero-order valence-electron chi connectivity index (χ0n) is 10.1. The first-order valence-corrected chi connectivity index (χ1v) is 5.13. The van der Waals surface area contributed by atoms with Crippen molar-refractivity contribution in [3.8, 4) is 0 Å². The van der Waals surface area contributed by atoms with Gasteiger partial charge in [-0.15, -0.1) is 0 Å². The first-order chi connectivity index (χ1) is 8.61. The molecule has 0 saturated heterocycles. The molecule has 1 aromatic heterocycles. The van der Waals surface area contributed by atoms with Gasteiger partial charge in [0.05, 0.1) is 17.4 Å². The van der Waals surface area contributed by atoms with Crippen LogP contribution in [0.15, 0.2) is 12.3 Å². The van der Waals surface area contributed by atoms with E-state index in [1.807, 2.05) is 0 Å². The van der Waals surface area contributed by atoms with Crippen LogP contribution in [-0.4, -0.2) is 45.3 Å². The fraction of sp³-hybridized carbons (Fsp3) is 0.556. The normalized spacial score (nSPS) is 13.1. The van der Waals surface area contributed by atoms with Crippen LogP contribution in [0.4, 0.5) is 19.0 Å². The Hall–Kier alpha value is -2.13. The van der Waals surface area contributed by atoms with Gasteiger partial charge in [0, 0.05) is 7.05 Å². The Kier molecular flexibility index (Phi) is 4.12. The Bertz CT molecular complexity index is 485. The molecule has 1 amide bonds. The maximum atomic E-state index is 12.1. The number of halogens is 3. The zero-order valence-corrected chi connectivity index (χ0v) is 10.1. The lowest BCUT2D eigenvalue weighted by Crippen LogP contribution is -2.39. The van der Waals surface area contributed by atoms with Gasteiger partial charge in [0.2, 0.25) is 5.91 Å². The molecular weight excluding hydrogens is 269 g/mol. The van der Waals surface area contributed by atoms with E-state index in [1.54, 1.807) is 0 Å². The largest absolute Gasteiger partial charge is 0.406 e. The van der Waals surface area contributed by atoms with Gasteiger partial charge in [0.1, 0.15) is 12.6 Å². The van der Waals surface area contributed by atoms with E-state index in [2.05, 4.69) is 5.10 Å². The smallest absolute Gasteiger partial charge is 0.358 e. The summed E-state index contributed by atoms with van der Waals surface area (Å²) in [5, 5.41) is 13.9. The first kappa shape index (κ1) is 14.9. The molecule has 0 aliphatic heterocycles. The Morgan fingerprint density at radius 3 is 2.63 bits per heavy atom. The summed E-state index contributed by atoms with van der Waals surface area (Å²) in [4.78, 5) is 21.9. The second-order valence-electron chi connectivity index (χ2n) is 3.90. The van der Waals surface area contributed by atoms with Crippen LogP contribution in [0.25, 0.3) is 0 Å². The standard InChI is InChI=1S/C9H11F3N4O3/c1-6(8(17)14(2)5-9(10,11)12)15-4-3-7(13-15)16(18)19/h3-4,6H,5H2,1-2H3. The van der Waals surface area contributed by atoms with E-state index in [-0.39, 0.29) is 0 Å². The van der Waals surface area contributed by atoms with E-state index in [0.29, 0.717) is 4.90 Å². The summed E-state index contributed by atoms with van der Waals surface area (Å²) in [5.41, 5.74) is 0. The zero-order chi connectivity index (χ0) is 14.8. The highest BCUT2D eigenvalue weighted by Crippen LogP contribution is 2.18. The molecule has 0 fully saturated rings. The summed E-state index contributed by atoms with van der Waals surface area (Å²) >= 11 is 0. The number of likely N-dealkylation sites (N-methyl/N-ethyl adjacent to an activating group) is 1. The van der Waals surface area contributed by atoms with Crippen LogP contribution in [-0.2, 0) is 4.79 Å². The number of nitro groups is 1. The average molecular weight is 280 g/mol. The van der Waals surface area contributed by atoms with Crippen LogP contribution in [0.3, 0.4) is 0 Å². The summed E-state index contributed by atoms with van der Waals surface area (Å²) in [6.45, 7) is -0.0779. The number of amides is 1. The van der Waals surface area contributed by atoms with E-state index in [0.717, 1.165) is 17.8 Å². The lowest BCUT2D eigenvalue weighted by molar-refractivity contribution is -0.389. The topological polar surface area (TPSA) is 81.3 Å². The SMILES string of the molecule is CC(C(=O)N(C)CC(F)(F)F)n1ccc([N+](=O)[O-])n1. The number of hydrogen-bond donors (Lipinski definition) is 0. The van der Waals surface area contributed by atoms with E-state index in [1.165, 1.54) is 13.1 Å². The number of carbonyl (C=O) groups is 1. The van der Waals surface area contributed by atoms with Crippen molar-refractivity contribution in [1.82, 2.24) is 14.7 Å². The van der Waals surface area contributed by atoms with Gasteiger partial charge in [-0.2, -0.15) is 17.9 Å². The van der Waals surface area contributed by atoms with Crippen molar-refractivity contribution in [2.45, 2.75) is 19.1 Å². The molecule has 1 atom stereocenters. The van der Waals surface area contributed by atoms with Crippen LogP contribution in [0.1, 0.15) is 13.0 Å². The minimum atomic E-state index is -4.50. The van der Waals surface area contributed by atoms with Gasteiger partial charge in [0.25, 0.3) is 0 Å². The van der Waals surface area contributed by atoms with Gasteiger partial charge in [-0.1, -0.05) is 0 Å². The van der Waals surface area contributed by atoms with Gasteiger partial charge in [-0.05, 0) is 11.8 Å². The molecule has 10 heteroatoms. The molecule has 0 aliphatic carbocycles. The third kappa shape index (κ3) is 3.93. The lowest BCUT2D eigenvalue weighted by atomic mass is 10.3. The molecule has 7 nitrogen and oxygen atoms in total. The number of aromatic nitrogens is 2. The molecule has 19 heavy (non-hydrogen) atoms. The minimum Gasteiger partial charge on any atom is -0.358 e. The van der Waals surface area contributed by atoms with Gasteiger partial charge in [-0.25, -0.2) is 0 Å². The third-order valence-corrected chi connectivity index (χ3v) is 2.33. The predicted octanol–water partition coefficient (Wildman–Crippen LogP) is 1.37. The Balaban J connectivity index is 2.78. The van der Waals surface area contributed by atoms with Crippen LogP contribution in [0.2, 0.25) is 0 Å². The van der Waals surface area contributed by atoms with E-state index in [9.17, 15) is 28.1 Å². The molecule has 106 valence electrons. The van der Waals surface area contributed by atoms with Crippen LogP contribution < -0.4 is 0 Å². The Morgan fingerprint density at radius 1 is 1.63 bits per heavy atom. The highest BCUT2D eigenvalue weighted by Gasteiger charge is 2.33. The van der Waals surface area contributed by atoms with E-state index in [4.69, 9.17) is 0 Å². The average Bonchev–Trinajstić information content (AvgIpc) is 2.73. The Morgan fingerprint density at radius 2 is 2.21 bits per heavy atom. The molecule has 1 rings (SSSR count). The van der Waals surface area contributed by atoms with Crippen molar-refractivity contribution in [2.75, 3.05) is 13.6 Å². The number of alkyl halides is 3. The summed E-state index contributed by atoms with van der Waals surface area (Å²) in [6.07, 6.45) is -3.33. The molecule has 1 aromatic rings. The molecule has 0 N–H and O–H groups in total. The van der Waals surface area contributed by atoms with Crippen molar-refractivity contribution < 1.29 is 22.9 Å². The summed E-state index contributed by atoms with van der Waals surface area (Å²) in [5.74, 6) is -1.31. The summed E-state index contributed by atoms with van der Waals surface area (Å²) in [6, 6.07) is 0.00845. The summed E-state index contributed by atoms with van der Waals surface area (Å²) in [7, 11) is 1.00. The van der Waals surface area contributed by atoms with Gasteiger partial charge in [0.15, 0.2) is 0 Å². The molecule has 1 heterocycles. The number of carbonyl (C=O) groups excluding carboxylic acids is 1. The lowest BCUT2D eigenvalue weighted by Gasteiger charge is -2.21. The second kappa shape index (κ2) is 5.24. The molecule has 0 saturated carbocycles. The second-order valence-corrected chi connectivity index (χ2v) is 3.90. The van der Waals surface area contributed by atoms with Crippen molar-refractivity contribution in [3.63, 3.8) is 0 Å². The number of nitrogens with zero attached hydrogens (tertiary/aromatic N) is 4.